The third-order valence-electron chi connectivity index (χ3n) is 6.69. The fourth-order valence-corrected chi connectivity index (χ4v) is 4.89. The lowest BCUT2D eigenvalue weighted by Crippen LogP contribution is -2.50. The van der Waals surface area contributed by atoms with E-state index in [9.17, 15) is 14.4 Å². The molecule has 1 aliphatic heterocycles. The molecule has 0 saturated heterocycles. The SMILES string of the molecule is Cc1cc(NC(=O)NC2N=C(c3ccccc3)c3ccccc3N(CC(=O)c3ccccc3C)C2=O)ccc1Br. The number of hydrogen-bond acceptors (Lipinski definition) is 4. The van der Waals surface area contributed by atoms with E-state index in [1.165, 1.54) is 4.90 Å². The van der Waals surface area contributed by atoms with E-state index in [0.29, 0.717) is 28.2 Å². The van der Waals surface area contributed by atoms with Gasteiger partial charge in [0.05, 0.1) is 17.9 Å². The minimum atomic E-state index is -1.27. The zero-order chi connectivity index (χ0) is 28.2. The molecule has 0 aliphatic carbocycles. The molecule has 0 bridgehead atoms. The van der Waals surface area contributed by atoms with Gasteiger partial charge in [0.25, 0.3) is 5.91 Å². The van der Waals surface area contributed by atoms with E-state index < -0.39 is 18.1 Å². The number of benzodiazepines with no additional fused rings is 1. The molecule has 2 N–H and O–H groups in total. The van der Waals surface area contributed by atoms with E-state index in [1.807, 2.05) is 86.6 Å². The zero-order valence-electron chi connectivity index (χ0n) is 22.0. The first-order chi connectivity index (χ1) is 19.3. The molecular weight excluding hydrogens is 568 g/mol. The standard InChI is InChI=1S/C32H27BrN4O3/c1-20-10-6-7-13-24(20)28(38)19-37-27-15-9-8-14-25(27)29(22-11-4-3-5-12-22)35-30(31(37)39)36-32(40)34-23-16-17-26(33)21(2)18-23/h3-18,30H,19H2,1-2H3,(H2,34,36,40). The summed E-state index contributed by atoms with van der Waals surface area (Å²) in [4.78, 5) is 46.8. The minimum Gasteiger partial charge on any atom is -0.308 e. The second kappa shape index (κ2) is 11.7. The Kier molecular flexibility index (Phi) is 7.89. The van der Waals surface area contributed by atoms with Crippen molar-refractivity contribution in [2.45, 2.75) is 20.0 Å². The van der Waals surface area contributed by atoms with Crippen molar-refractivity contribution in [3.8, 4) is 0 Å². The van der Waals surface area contributed by atoms with Gasteiger partial charge in [-0.05, 0) is 49.2 Å². The molecule has 1 atom stereocenters. The van der Waals surface area contributed by atoms with E-state index in [-0.39, 0.29) is 12.3 Å². The van der Waals surface area contributed by atoms with Crippen molar-refractivity contribution in [1.29, 1.82) is 0 Å². The number of benzene rings is 4. The van der Waals surface area contributed by atoms with Crippen molar-refractivity contribution in [2.75, 3.05) is 16.8 Å². The number of Topliss-reactive ketones (excluding diaryl/α,β-unsaturated/α-hetero) is 1. The Labute approximate surface area is 241 Å². The van der Waals surface area contributed by atoms with Crippen LogP contribution in [0.5, 0.6) is 0 Å². The maximum absolute atomic E-state index is 14.0. The van der Waals surface area contributed by atoms with Gasteiger partial charge in [-0.25, -0.2) is 9.79 Å². The predicted octanol–water partition coefficient (Wildman–Crippen LogP) is 6.28. The highest BCUT2D eigenvalue weighted by atomic mass is 79.9. The number of para-hydroxylation sites is 1. The van der Waals surface area contributed by atoms with Crippen molar-refractivity contribution in [1.82, 2.24) is 5.32 Å². The number of aryl methyl sites for hydroxylation is 2. The lowest BCUT2D eigenvalue weighted by atomic mass is 9.99. The minimum absolute atomic E-state index is 0.204. The second-order valence-corrected chi connectivity index (χ2v) is 10.3. The van der Waals surface area contributed by atoms with E-state index in [0.717, 1.165) is 21.2 Å². The van der Waals surface area contributed by atoms with Gasteiger partial charge in [0, 0.05) is 26.9 Å². The summed E-state index contributed by atoms with van der Waals surface area (Å²) in [5.74, 6) is -0.722. The zero-order valence-corrected chi connectivity index (χ0v) is 23.6. The van der Waals surface area contributed by atoms with Crippen LogP contribution in [0.2, 0.25) is 0 Å². The molecule has 3 amide bonds. The molecule has 1 aliphatic rings. The fourth-order valence-electron chi connectivity index (χ4n) is 4.64. The highest BCUT2D eigenvalue weighted by Gasteiger charge is 2.34. The summed E-state index contributed by atoms with van der Waals surface area (Å²) >= 11 is 3.46. The summed E-state index contributed by atoms with van der Waals surface area (Å²) in [6.45, 7) is 3.57. The Balaban J connectivity index is 1.53. The van der Waals surface area contributed by atoms with Gasteiger partial charge in [0.2, 0.25) is 6.17 Å². The number of amides is 3. The first-order valence-corrected chi connectivity index (χ1v) is 13.6. The van der Waals surface area contributed by atoms with Crippen molar-refractivity contribution in [3.63, 3.8) is 0 Å². The molecule has 4 aromatic carbocycles. The quantitative estimate of drug-likeness (QED) is 0.257. The monoisotopic (exact) mass is 594 g/mol. The van der Waals surface area contributed by atoms with Crippen LogP contribution >= 0.6 is 15.9 Å². The largest absolute Gasteiger partial charge is 0.321 e. The van der Waals surface area contributed by atoms with Crippen molar-refractivity contribution >= 4 is 50.7 Å². The number of fused-ring (bicyclic) bond motifs is 1. The van der Waals surface area contributed by atoms with Gasteiger partial charge in [-0.15, -0.1) is 0 Å². The number of ketones is 1. The van der Waals surface area contributed by atoms with Crippen LogP contribution in [-0.4, -0.2) is 36.1 Å². The topological polar surface area (TPSA) is 90.9 Å². The van der Waals surface area contributed by atoms with E-state index >= 15 is 0 Å². The summed E-state index contributed by atoms with van der Waals surface area (Å²) in [7, 11) is 0. The number of carbonyl (C=O) groups is 3. The van der Waals surface area contributed by atoms with Crippen LogP contribution in [0.25, 0.3) is 0 Å². The summed E-state index contributed by atoms with van der Waals surface area (Å²) in [5, 5.41) is 5.51. The van der Waals surface area contributed by atoms with Gasteiger partial charge in [0.1, 0.15) is 0 Å². The lowest BCUT2D eigenvalue weighted by Gasteiger charge is -2.25. The Bertz CT molecular complexity index is 1630. The summed E-state index contributed by atoms with van der Waals surface area (Å²) in [5.41, 5.74) is 5.44. The maximum atomic E-state index is 14.0. The van der Waals surface area contributed by atoms with Crippen LogP contribution in [0.15, 0.2) is 107 Å². The smallest absolute Gasteiger partial charge is 0.308 e. The van der Waals surface area contributed by atoms with Crippen molar-refractivity contribution < 1.29 is 14.4 Å². The van der Waals surface area contributed by atoms with Crippen LogP contribution in [0.1, 0.15) is 32.6 Å². The Morgan fingerprint density at radius 1 is 0.875 bits per heavy atom. The molecule has 0 radical (unpaired) electrons. The Hall–Kier alpha value is -4.56. The number of hydrogen-bond donors (Lipinski definition) is 2. The van der Waals surface area contributed by atoms with Gasteiger partial charge < -0.3 is 15.5 Å². The molecule has 8 heteroatoms. The third kappa shape index (κ3) is 5.72. The van der Waals surface area contributed by atoms with Crippen LogP contribution in [0.3, 0.4) is 0 Å². The van der Waals surface area contributed by atoms with Gasteiger partial charge in [-0.1, -0.05) is 88.7 Å². The van der Waals surface area contributed by atoms with Gasteiger partial charge in [-0.2, -0.15) is 0 Å². The summed E-state index contributed by atoms with van der Waals surface area (Å²) in [6, 6.07) is 28.9. The number of halogens is 1. The predicted molar refractivity (Wildman–Crippen MR) is 161 cm³/mol. The van der Waals surface area contributed by atoms with Crippen molar-refractivity contribution in [2.24, 2.45) is 4.99 Å². The molecule has 7 nitrogen and oxygen atoms in total. The van der Waals surface area contributed by atoms with Crippen LogP contribution < -0.4 is 15.5 Å². The summed E-state index contributed by atoms with van der Waals surface area (Å²) < 4.78 is 0.918. The molecular formula is C32H27BrN4O3. The third-order valence-corrected chi connectivity index (χ3v) is 7.58. The average Bonchev–Trinajstić information content (AvgIpc) is 3.06. The number of carbonyl (C=O) groups excluding carboxylic acids is 3. The first-order valence-electron chi connectivity index (χ1n) is 12.8. The number of urea groups is 1. The molecule has 40 heavy (non-hydrogen) atoms. The lowest BCUT2D eigenvalue weighted by molar-refractivity contribution is -0.120. The van der Waals surface area contributed by atoms with E-state index in [2.05, 4.69) is 26.6 Å². The molecule has 0 fully saturated rings. The molecule has 4 aromatic rings. The number of rotatable bonds is 6. The molecule has 0 aromatic heterocycles. The number of nitrogens with zero attached hydrogens (tertiary/aromatic N) is 2. The van der Waals surface area contributed by atoms with Gasteiger partial charge in [-0.3, -0.25) is 9.59 Å². The normalized spacial score (nSPS) is 14.6. The van der Waals surface area contributed by atoms with Crippen LogP contribution in [0, 0.1) is 13.8 Å². The highest BCUT2D eigenvalue weighted by Crippen LogP contribution is 2.29. The Morgan fingerprint density at radius 3 is 2.33 bits per heavy atom. The molecule has 1 heterocycles. The first kappa shape index (κ1) is 27.0. The number of anilines is 2. The van der Waals surface area contributed by atoms with E-state index in [1.54, 1.807) is 24.3 Å². The van der Waals surface area contributed by atoms with Crippen molar-refractivity contribution in [3.05, 3.63) is 129 Å². The summed E-state index contributed by atoms with van der Waals surface area (Å²) in [6.07, 6.45) is -1.27. The second-order valence-electron chi connectivity index (χ2n) is 9.49. The van der Waals surface area contributed by atoms with Crippen LogP contribution in [0.4, 0.5) is 16.2 Å². The molecule has 5 rings (SSSR count). The maximum Gasteiger partial charge on any atom is 0.321 e. The molecule has 0 spiro atoms. The molecule has 0 saturated carbocycles. The van der Waals surface area contributed by atoms with Gasteiger partial charge >= 0.3 is 6.03 Å². The fraction of sp³-hybridized carbons (Fsp3) is 0.125. The number of aliphatic imine (C=N–C) groups is 1. The number of nitrogens with one attached hydrogen (secondary N) is 2. The van der Waals surface area contributed by atoms with Crippen LogP contribution in [-0.2, 0) is 4.79 Å². The molecule has 1 unspecified atom stereocenters. The average molecular weight is 595 g/mol. The van der Waals surface area contributed by atoms with E-state index in [4.69, 9.17) is 4.99 Å². The highest BCUT2D eigenvalue weighted by molar-refractivity contribution is 9.10. The Morgan fingerprint density at radius 2 is 1.57 bits per heavy atom. The molecule has 200 valence electrons. The van der Waals surface area contributed by atoms with Gasteiger partial charge in [0.15, 0.2) is 5.78 Å².